The lowest BCUT2D eigenvalue weighted by Gasteiger charge is -2.03. The molecule has 3 N–H and O–H groups in total. The van der Waals surface area contributed by atoms with Crippen LogP contribution in [0, 0.1) is 13.8 Å². The highest BCUT2D eigenvalue weighted by molar-refractivity contribution is 5.94. The van der Waals surface area contributed by atoms with E-state index in [1.165, 1.54) is 4.57 Å². The van der Waals surface area contributed by atoms with Crippen LogP contribution in [-0.2, 0) is 6.54 Å². The number of carbonyl (C=O) groups is 1. The van der Waals surface area contributed by atoms with Crippen molar-refractivity contribution in [2.45, 2.75) is 20.4 Å². The molecule has 100 valence electrons. The average molecular weight is 261 g/mol. The van der Waals surface area contributed by atoms with Crippen LogP contribution in [0.4, 0.5) is 0 Å². The Morgan fingerprint density at radius 1 is 1.47 bits per heavy atom. The smallest absolute Gasteiger partial charge is 0.268 e. The van der Waals surface area contributed by atoms with Crippen molar-refractivity contribution >= 4 is 5.91 Å². The summed E-state index contributed by atoms with van der Waals surface area (Å²) in [6, 6.07) is 5.13. The number of hydrogen-bond acceptors (Lipinski definition) is 4. The van der Waals surface area contributed by atoms with Gasteiger partial charge in [0.1, 0.15) is 11.5 Å². The Kier molecular flexibility index (Phi) is 3.52. The fourth-order valence-electron chi connectivity index (χ4n) is 1.87. The van der Waals surface area contributed by atoms with E-state index in [0.717, 1.165) is 0 Å². The zero-order chi connectivity index (χ0) is 14.0. The molecule has 0 fully saturated rings. The predicted molar refractivity (Wildman–Crippen MR) is 69.6 cm³/mol. The van der Waals surface area contributed by atoms with Gasteiger partial charge in [-0.3, -0.25) is 15.0 Å². The van der Waals surface area contributed by atoms with E-state index in [-0.39, 0.29) is 12.1 Å². The summed E-state index contributed by atoms with van der Waals surface area (Å²) in [6.45, 7) is 3.70. The van der Waals surface area contributed by atoms with Gasteiger partial charge >= 0.3 is 0 Å². The highest BCUT2D eigenvalue weighted by atomic mass is 16.3. The topological polar surface area (TPSA) is 90.3 Å². The van der Waals surface area contributed by atoms with E-state index in [0.29, 0.717) is 22.6 Å². The van der Waals surface area contributed by atoms with E-state index in [9.17, 15) is 9.59 Å². The standard InChI is InChI=1S/C13H15N3O3/c1-8-4-3-5-16(13(8)18)7-10-6-11(9(2)19-10)12(17)15-14/h3-6H,7,14H2,1-2H3,(H,15,17). The normalized spacial score (nSPS) is 10.5. The quantitative estimate of drug-likeness (QED) is 0.483. The maximum Gasteiger partial charge on any atom is 0.268 e. The maximum absolute atomic E-state index is 11.9. The predicted octanol–water partition coefficient (Wildman–Crippen LogP) is 0.710. The number of hydrogen-bond donors (Lipinski definition) is 2. The maximum atomic E-state index is 11.9. The molecule has 0 atom stereocenters. The van der Waals surface area contributed by atoms with Crippen LogP contribution >= 0.6 is 0 Å². The Bertz CT molecular complexity index is 670. The first-order valence-corrected chi connectivity index (χ1v) is 5.79. The summed E-state index contributed by atoms with van der Waals surface area (Å²) in [6.07, 6.45) is 1.68. The van der Waals surface area contributed by atoms with Crippen LogP contribution in [0.5, 0.6) is 0 Å². The van der Waals surface area contributed by atoms with Crippen LogP contribution < -0.4 is 16.8 Å². The van der Waals surface area contributed by atoms with Crippen LogP contribution in [0.25, 0.3) is 0 Å². The molecule has 0 aromatic carbocycles. The van der Waals surface area contributed by atoms with Gasteiger partial charge in [-0.2, -0.15) is 0 Å². The van der Waals surface area contributed by atoms with Gasteiger partial charge in [0.2, 0.25) is 0 Å². The van der Waals surface area contributed by atoms with Crippen molar-refractivity contribution in [1.29, 1.82) is 0 Å². The summed E-state index contributed by atoms with van der Waals surface area (Å²) in [5.74, 6) is 5.67. The van der Waals surface area contributed by atoms with E-state index in [2.05, 4.69) is 5.43 Å². The molecule has 2 rings (SSSR count). The third-order valence-corrected chi connectivity index (χ3v) is 2.88. The summed E-state index contributed by atoms with van der Waals surface area (Å²) in [5, 5.41) is 0. The van der Waals surface area contributed by atoms with E-state index in [1.807, 2.05) is 0 Å². The van der Waals surface area contributed by atoms with Crippen LogP contribution in [-0.4, -0.2) is 10.5 Å². The largest absolute Gasteiger partial charge is 0.464 e. The first kappa shape index (κ1) is 13.1. The number of nitrogens with zero attached hydrogens (tertiary/aromatic N) is 1. The molecule has 0 saturated carbocycles. The minimum Gasteiger partial charge on any atom is -0.464 e. The zero-order valence-electron chi connectivity index (χ0n) is 10.8. The Labute approximate surface area is 109 Å². The van der Waals surface area contributed by atoms with Crippen LogP contribution in [0.2, 0.25) is 0 Å². The number of rotatable bonds is 3. The molecule has 0 radical (unpaired) electrons. The van der Waals surface area contributed by atoms with Crippen molar-refractivity contribution in [3.8, 4) is 0 Å². The number of pyridine rings is 1. The minimum atomic E-state index is -0.413. The number of amides is 1. The molecule has 6 nitrogen and oxygen atoms in total. The molecule has 0 aliphatic carbocycles. The number of carbonyl (C=O) groups excluding carboxylic acids is 1. The fourth-order valence-corrected chi connectivity index (χ4v) is 1.87. The molecule has 0 saturated heterocycles. The molecule has 0 aliphatic heterocycles. The van der Waals surface area contributed by atoms with E-state index in [4.69, 9.17) is 10.3 Å². The minimum absolute atomic E-state index is 0.0821. The summed E-state index contributed by atoms with van der Waals surface area (Å²) < 4.78 is 6.99. The molecule has 0 spiro atoms. The van der Waals surface area contributed by atoms with E-state index in [1.54, 1.807) is 38.2 Å². The SMILES string of the molecule is Cc1oc(Cn2cccc(C)c2=O)cc1C(=O)NN. The van der Waals surface area contributed by atoms with E-state index >= 15 is 0 Å². The van der Waals surface area contributed by atoms with Gasteiger partial charge in [0.05, 0.1) is 12.1 Å². The number of nitrogen functional groups attached to an aromatic ring is 1. The number of nitrogens with one attached hydrogen (secondary N) is 1. The van der Waals surface area contributed by atoms with Gasteiger partial charge in [-0.1, -0.05) is 6.07 Å². The van der Waals surface area contributed by atoms with E-state index < -0.39 is 5.91 Å². The fraction of sp³-hybridized carbons (Fsp3) is 0.231. The second-order valence-corrected chi connectivity index (χ2v) is 4.28. The van der Waals surface area contributed by atoms with Gasteiger partial charge in [-0.05, 0) is 26.0 Å². The second-order valence-electron chi connectivity index (χ2n) is 4.28. The lowest BCUT2D eigenvalue weighted by Crippen LogP contribution is -2.30. The third-order valence-electron chi connectivity index (χ3n) is 2.88. The first-order valence-electron chi connectivity index (χ1n) is 5.79. The third kappa shape index (κ3) is 2.58. The van der Waals surface area contributed by atoms with Gasteiger partial charge in [0.25, 0.3) is 11.5 Å². The Balaban J connectivity index is 2.32. The summed E-state index contributed by atoms with van der Waals surface area (Å²) in [5.41, 5.74) is 3.00. The van der Waals surface area contributed by atoms with Crippen molar-refractivity contribution in [2.75, 3.05) is 0 Å². The average Bonchev–Trinajstić information content (AvgIpc) is 2.75. The van der Waals surface area contributed by atoms with Crippen molar-refractivity contribution in [1.82, 2.24) is 9.99 Å². The summed E-state index contributed by atoms with van der Waals surface area (Å²) in [7, 11) is 0. The molecule has 19 heavy (non-hydrogen) atoms. The second kappa shape index (κ2) is 5.11. The highest BCUT2D eigenvalue weighted by Gasteiger charge is 2.14. The van der Waals surface area contributed by atoms with Gasteiger partial charge in [0, 0.05) is 11.8 Å². The number of aryl methyl sites for hydroxylation is 2. The first-order chi connectivity index (χ1) is 9.02. The number of furan rings is 1. The van der Waals surface area contributed by atoms with Gasteiger partial charge in [-0.25, -0.2) is 5.84 Å². The van der Waals surface area contributed by atoms with Crippen molar-refractivity contribution in [2.24, 2.45) is 5.84 Å². The van der Waals surface area contributed by atoms with Gasteiger partial charge < -0.3 is 8.98 Å². The molecular formula is C13H15N3O3. The molecular weight excluding hydrogens is 246 g/mol. The Morgan fingerprint density at radius 2 is 2.21 bits per heavy atom. The van der Waals surface area contributed by atoms with Gasteiger partial charge in [-0.15, -0.1) is 0 Å². The molecule has 0 unspecified atom stereocenters. The molecule has 2 heterocycles. The monoisotopic (exact) mass is 261 g/mol. The Hall–Kier alpha value is -2.34. The molecule has 6 heteroatoms. The lowest BCUT2D eigenvalue weighted by atomic mass is 10.2. The molecule has 1 amide bonds. The lowest BCUT2D eigenvalue weighted by molar-refractivity contribution is 0.0952. The molecule has 0 aliphatic rings. The van der Waals surface area contributed by atoms with Crippen molar-refractivity contribution < 1.29 is 9.21 Å². The van der Waals surface area contributed by atoms with Gasteiger partial charge in [0.15, 0.2) is 0 Å². The summed E-state index contributed by atoms with van der Waals surface area (Å²) in [4.78, 5) is 23.3. The summed E-state index contributed by atoms with van der Waals surface area (Å²) >= 11 is 0. The number of hydrazine groups is 1. The van der Waals surface area contributed by atoms with Crippen LogP contribution in [0.1, 0.15) is 27.4 Å². The van der Waals surface area contributed by atoms with Crippen LogP contribution in [0.15, 0.2) is 33.6 Å². The molecule has 2 aromatic heterocycles. The number of aromatic nitrogens is 1. The van der Waals surface area contributed by atoms with Crippen molar-refractivity contribution in [3.05, 3.63) is 57.4 Å². The molecule has 0 bridgehead atoms. The Morgan fingerprint density at radius 3 is 2.89 bits per heavy atom. The zero-order valence-corrected chi connectivity index (χ0v) is 10.8. The van der Waals surface area contributed by atoms with Crippen molar-refractivity contribution in [3.63, 3.8) is 0 Å². The highest BCUT2D eigenvalue weighted by Crippen LogP contribution is 2.15. The molecule has 2 aromatic rings. The van der Waals surface area contributed by atoms with Crippen LogP contribution in [0.3, 0.4) is 0 Å². The number of nitrogens with two attached hydrogens (primary N) is 1.